The van der Waals surface area contributed by atoms with Gasteiger partial charge in [-0.25, -0.2) is 4.21 Å². The number of ketones is 1. The summed E-state index contributed by atoms with van der Waals surface area (Å²) in [4.78, 5) is 30.1. The highest BCUT2D eigenvalue weighted by molar-refractivity contribution is 7.94. The van der Waals surface area contributed by atoms with Gasteiger partial charge in [0, 0.05) is 61.6 Å². The quantitative estimate of drug-likeness (QED) is 0.239. The molecule has 1 amide bonds. The van der Waals surface area contributed by atoms with Gasteiger partial charge < -0.3 is 14.4 Å². The first-order valence-corrected chi connectivity index (χ1v) is 21.5. The third kappa shape index (κ3) is 7.61. The van der Waals surface area contributed by atoms with Gasteiger partial charge in [-0.05, 0) is 122 Å². The summed E-state index contributed by atoms with van der Waals surface area (Å²) in [6.45, 7) is 4.09. The number of methoxy groups -OCH3 is 1. The standard InChI is InChI=1S/C42H51ClN4O5S/c1-27-6-4-8-39(51-3)35-12-9-30(35)22-47-25-42(15-5-7-28-16-33(43)11-13-37(28)42)26-52-40-14-10-29(19-38(40)47)41(49)45-53(50,23-27)24-34(48)17-31-18-36(31)32-20-44-46(2)21-32/h4,8,10-11,13-14,16,19-21,27,30-31,35-36,39H,5-7,9,12,15,17-18,22-26H2,1-3H3/b8-4+/t27-,30-,31+,35+,36+,39-,42-,53+/m0/s1. The maximum Gasteiger partial charge on any atom is 0.285 e. The number of ether oxygens (including phenoxy) is 2. The topological polar surface area (TPSA) is 103 Å². The number of anilines is 1. The van der Waals surface area contributed by atoms with Crippen molar-refractivity contribution >= 4 is 38.7 Å². The fourth-order valence-corrected chi connectivity index (χ4v) is 12.1. The molecule has 0 unspecified atom stereocenters. The number of aromatic nitrogens is 2. The van der Waals surface area contributed by atoms with Crippen LogP contribution in [-0.2, 0) is 38.1 Å². The first-order chi connectivity index (χ1) is 25.5. The van der Waals surface area contributed by atoms with Gasteiger partial charge in [0.25, 0.3) is 5.91 Å². The van der Waals surface area contributed by atoms with E-state index in [0.717, 1.165) is 73.6 Å². The monoisotopic (exact) mass is 758 g/mol. The van der Waals surface area contributed by atoms with Crippen molar-refractivity contribution in [1.29, 1.82) is 0 Å². The molecule has 1 aromatic heterocycles. The van der Waals surface area contributed by atoms with Crippen LogP contribution in [0.2, 0.25) is 5.02 Å². The number of benzene rings is 2. The number of nitrogens with zero attached hydrogens (tertiary/aromatic N) is 4. The van der Waals surface area contributed by atoms with Crippen LogP contribution in [0.3, 0.4) is 0 Å². The summed E-state index contributed by atoms with van der Waals surface area (Å²) in [5.74, 6) is 1.24. The lowest BCUT2D eigenvalue weighted by Crippen LogP contribution is -2.49. The van der Waals surface area contributed by atoms with E-state index in [-0.39, 0.29) is 46.6 Å². The van der Waals surface area contributed by atoms with Gasteiger partial charge in [0.1, 0.15) is 11.5 Å². The van der Waals surface area contributed by atoms with E-state index in [1.165, 1.54) is 11.1 Å². The molecule has 0 radical (unpaired) electrons. The number of allylic oxidation sites excluding steroid dienone is 1. The van der Waals surface area contributed by atoms with Crippen molar-refractivity contribution < 1.29 is 23.3 Å². The van der Waals surface area contributed by atoms with E-state index in [1.54, 1.807) is 17.9 Å². The lowest BCUT2D eigenvalue weighted by Gasteiger charge is -2.46. The Hall–Kier alpha value is -3.47. The van der Waals surface area contributed by atoms with Gasteiger partial charge in [-0.15, -0.1) is 0 Å². The van der Waals surface area contributed by atoms with E-state index in [2.05, 4.69) is 38.6 Å². The van der Waals surface area contributed by atoms with Gasteiger partial charge in [-0.3, -0.25) is 14.3 Å². The second-order valence-electron chi connectivity index (χ2n) is 16.5. The molecule has 3 aliphatic carbocycles. The summed E-state index contributed by atoms with van der Waals surface area (Å²) in [6, 6.07) is 11.8. The maximum absolute atomic E-state index is 14.7. The molecule has 2 saturated carbocycles. The molecule has 5 aliphatic rings. The lowest BCUT2D eigenvalue weighted by molar-refractivity contribution is -0.117. The van der Waals surface area contributed by atoms with Crippen LogP contribution in [0.25, 0.3) is 0 Å². The molecule has 8 rings (SSSR count). The SMILES string of the molecule is CO[C@H]1/C=C/C[C@H](C)C[S@@](=O)(CC(=O)C[C@@H]2C[C@H]2c2cnn(C)c2)=NC(=O)c2ccc3c(c2)N(C[C@@H]2CC[C@H]21)C[C@@]1(CCCc2cc(Cl)ccc21)CO3. The fraction of sp³-hybridized carbons (Fsp3) is 0.548. The van der Waals surface area contributed by atoms with Crippen LogP contribution >= 0.6 is 11.6 Å². The third-order valence-corrected chi connectivity index (χ3v) is 15.1. The van der Waals surface area contributed by atoms with Crippen LogP contribution in [0.1, 0.15) is 84.8 Å². The first kappa shape index (κ1) is 36.5. The number of carbonyl (C=O) groups is 2. The van der Waals surface area contributed by atoms with Crippen molar-refractivity contribution in [3.8, 4) is 5.75 Å². The Morgan fingerprint density at radius 2 is 2.06 bits per heavy atom. The van der Waals surface area contributed by atoms with Crippen LogP contribution in [0, 0.1) is 23.7 Å². The molecule has 11 heteroatoms. The molecule has 0 N–H and O–H groups in total. The summed E-state index contributed by atoms with van der Waals surface area (Å²) in [6.07, 6.45) is 15.2. The number of amides is 1. The molecule has 282 valence electrons. The normalized spacial score (nSPS) is 33.1. The summed E-state index contributed by atoms with van der Waals surface area (Å²) in [5, 5.41) is 5.03. The molecule has 9 nitrogen and oxygen atoms in total. The Kier molecular flexibility index (Phi) is 10.1. The van der Waals surface area contributed by atoms with Gasteiger partial charge >= 0.3 is 0 Å². The van der Waals surface area contributed by atoms with Crippen LogP contribution in [-0.4, -0.2) is 70.1 Å². The largest absolute Gasteiger partial charge is 0.490 e. The summed E-state index contributed by atoms with van der Waals surface area (Å²) < 4.78 is 33.7. The number of Topliss-reactive ketones (excluding diaryl/α,β-unsaturated/α-hetero) is 1. The van der Waals surface area contributed by atoms with E-state index in [4.69, 9.17) is 21.1 Å². The Morgan fingerprint density at radius 3 is 2.83 bits per heavy atom. The van der Waals surface area contributed by atoms with Crippen molar-refractivity contribution in [2.24, 2.45) is 35.1 Å². The zero-order valence-electron chi connectivity index (χ0n) is 31.0. The highest BCUT2D eigenvalue weighted by atomic mass is 35.5. The first-order valence-electron chi connectivity index (χ1n) is 19.3. The maximum atomic E-state index is 14.7. The molecule has 2 fully saturated rings. The molecule has 1 spiro atoms. The third-order valence-electron chi connectivity index (χ3n) is 12.5. The molecular formula is C42H51ClN4O5S. The summed E-state index contributed by atoms with van der Waals surface area (Å²) in [5.41, 5.74) is 4.68. The summed E-state index contributed by atoms with van der Waals surface area (Å²) >= 11 is 6.47. The van der Waals surface area contributed by atoms with E-state index in [0.29, 0.717) is 36.8 Å². The van der Waals surface area contributed by atoms with E-state index in [1.807, 2.05) is 44.6 Å². The predicted molar refractivity (Wildman–Crippen MR) is 208 cm³/mol. The minimum atomic E-state index is -3.20. The molecule has 2 aliphatic heterocycles. The smallest absolute Gasteiger partial charge is 0.285 e. The van der Waals surface area contributed by atoms with Gasteiger partial charge in [0.05, 0.1) is 40.1 Å². The van der Waals surface area contributed by atoms with Crippen LogP contribution in [0.5, 0.6) is 5.75 Å². The van der Waals surface area contributed by atoms with Gasteiger partial charge in [0.2, 0.25) is 0 Å². The predicted octanol–water partition coefficient (Wildman–Crippen LogP) is 7.55. The van der Waals surface area contributed by atoms with Crippen molar-refractivity contribution in [2.45, 2.75) is 75.7 Å². The number of aryl methyl sites for hydroxylation is 2. The minimum absolute atomic E-state index is 0.0297. The Labute approximate surface area is 318 Å². The number of halogens is 1. The molecule has 53 heavy (non-hydrogen) atoms. The van der Waals surface area contributed by atoms with Gasteiger partial charge in [0.15, 0.2) is 0 Å². The highest BCUT2D eigenvalue weighted by Crippen LogP contribution is 2.50. The number of fused-ring (bicyclic) bond motifs is 4. The Balaban J connectivity index is 1.13. The lowest BCUT2D eigenvalue weighted by atomic mass is 9.68. The van der Waals surface area contributed by atoms with E-state index >= 15 is 0 Å². The second kappa shape index (κ2) is 14.6. The van der Waals surface area contributed by atoms with Crippen LogP contribution < -0.4 is 9.64 Å². The highest BCUT2D eigenvalue weighted by Gasteiger charge is 2.45. The van der Waals surface area contributed by atoms with Gasteiger partial charge in [-0.2, -0.15) is 9.46 Å². The zero-order valence-corrected chi connectivity index (χ0v) is 32.6. The number of hydrogen-bond acceptors (Lipinski definition) is 7. The van der Waals surface area contributed by atoms with Crippen molar-refractivity contribution in [3.05, 3.63) is 88.2 Å². The van der Waals surface area contributed by atoms with Gasteiger partial charge in [-0.1, -0.05) is 36.7 Å². The zero-order chi connectivity index (χ0) is 36.9. The molecule has 3 aromatic rings. The molecule has 0 saturated heterocycles. The average molecular weight is 759 g/mol. The molecule has 2 aromatic carbocycles. The second-order valence-corrected chi connectivity index (χ2v) is 19.3. The van der Waals surface area contributed by atoms with E-state index in [9.17, 15) is 13.8 Å². The molecule has 8 atom stereocenters. The fourth-order valence-electron chi connectivity index (χ4n) is 9.59. The van der Waals surface area contributed by atoms with Crippen molar-refractivity contribution in [2.75, 3.05) is 43.2 Å². The van der Waals surface area contributed by atoms with Crippen LogP contribution in [0.15, 0.2) is 65.3 Å². The minimum Gasteiger partial charge on any atom is -0.490 e. The Morgan fingerprint density at radius 1 is 1.19 bits per heavy atom. The van der Waals surface area contributed by atoms with Crippen molar-refractivity contribution in [3.63, 3.8) is 0 Å². The average Bonchev–Trinajstić information content (AvgIpc) is 3.76. The number of hydrogen-bond donors (Lipinski definition) is 0. The Bertz CT molecular complexity index is 2050. The number of carbonyl (C=O) groups excluding carboxylic acids is 2. The van der Waals surface area contributed by atoms with E-state index < -0.39 is 15.6 Å². The summed E-state index contributed by atoms with van der Waals surface area (Å²) in [7, 11) is 0.475. The number of rotatable bonds is 6. The molecule has 2 bridgehead atoms. The molecule has 3 heterocycles. The molecular weight excluding hydrogens is 708 g/mol. The van der Waals surface area contributed by atoms with Crippen LogP contribution in [0.4, 0.5) is 5.69 Å². The van der Waals surface area contributed by atoms with Crippen molar-refractivity contribution in [1.82, 2.24) is 9.78 Å².